The molecule has 0 radical (unpaired) electrons. The summed E-state index contributed by atoms with van der Waals surface area (Å²) in [4.78, 5) is 2.55. The Labute approximate surface area is 111 Å². The number of hydrogen-bond acceptors (Lipinski definition) is 4. The van der Waals surface area contributed by atoms with Crippen molar-refractivity contribution in [2.45, 2.75) is 44.8 Å². The molecule has 4 nitrogen and oxygen atoms in total. The zero-order valence-corrected chi connectivity index (χ0v) is 11.9. The van der Waals surface area contributed by atoms with Crippen molar-refractivity contribution in [3.63, 3.8) is 0 Å². The Morgan fingerprint density at radius 2 is 2.28 bits per heavy atom. The van der Waals surface area contributed by atoms with E-state index in [1.807, 2.05) is 0 Å². The second-order valence-electron chi connectivity index (χ2n) is 5.79. The zero-order chi connectivity index (χ0) is 13.0. The predicted octanol–water partition coefficient (Wildman–Crippen LogP) is 1.24. The van der Waals surface area contributed by atoms with Crippen LogP contribution in [0.1, 0.15) is 33.1 Å². The molecule has 0 aromatic carbocycles. The van der Waals surface area contributed by atoms with Crippen molar-refractivity contribution in [2.75, 3.05) is 39.5 Å². The molecule has 2 fully saturated rings. The summed E-state index contributed by atoms with van der Waals surface area (Å²) >= 11 is 0. The molecule has 3 atom stereocenters. The van der Waals surface area contributed by atoms with Gasteiger partial charge in [-0.3, -0.25) is 4.90 Å². The molecule has 0 aliphatic carbocycles. The predicted molar refractivity (Wildman–Crippen MR) is 72.6 cm³/mol. The van der Waals surface area contributed by atoms with Crippen molar-refractivity contribution in [3.05, 3.63) is 0 Å². The highest BCUT2D eigenvalue weighted by Gasteiger charge is 2.42. The maximum Gasteiger partial charge on any atom is 0.0702 e. The first-order valence-corrected chi connectivity index (χ1v) is 7.35. The van der Waals surface area contributed by atoms with E-state index in [0.29, 0.717) is 18.6 Å². The van der Waals surface area contributed by atoms with Crippen LogP contribution in [0.4, 0.5) is 0 Å². The van der Waals surface area contributed by atoms with Crippen molar-refractivity contribution in [2.24, 2.45) is 11.7 Å². The van der Waals surface area contributed by atoms with Crippen LogP contribution in [0.25, 0.3) is 0 Å². The highest BCUT2D eigenvalue weighted by atomic mass is 16.5. The smallest absolute Gasteiger partial charge is 0.0702 e. The molecule has 2 rings (SSSR count). The van der Waals surface area contributed by atoms with E-state index < -0.39 is 0 Å². The minimum Gasteiger partial charge on any atom is -0.381 e. The molecule has 2 N–H and O–H groups in total. The molecule has 106 valence electrons. The molecule has 2 heterocycles. The number of piperidine rings is 1. The highest BCUT2D eigenvalue weighted by Crippen LogP contribution is 2.33. The molecule has 2 aliphatic rings. The molecule has 0 saturated carbocycles. The van der Waals surface area contributed by atoms with E-state index >= 15 is 0 Å². The van der Waals surface area contributed by atoms with E-state index in [4.69, 9.17) is 15.2 Å². The second-order valence-corrected chi connectivity index (χ2v) is 5.79. The van der Waals surface area contributed by atoms with Gasteiger partial charge in [-0.25, -0.2) is 0 Å². The average Bonchev–Trinajstić information content (AvgIpc) is 2.93. The molecule has 4 heteroatoms. The van der Waals surface area contributed by atoms with E-state index in [2.05, 4.69) is 18.7 Å². The van der Waals surface area contributed by atoms with E-state index in [9.17, 15) is 0 Å². The Hall–Kier alpha value is -0.160. The minimum absolute atomic E-state index is 0.0757. The van der Waals surface area contributed by atoms with Crippen molar-refractivity contribution in [1.82, 2.24) is 4.90 Å². The lowest BCUT2D eigenvalue weighted by Gasteiger charge is -2.48. The van der Waals surface area contributed by atoms with Crippen LogP contribution in [0.2, 0.25) is 0 Å². The van der Waals surface area contributed by atoms with E-state index in [1.165, 1.54) is 12.8 Å². The molecule has 0 amide bonds. The first kappa shape index (κ1) is 14.3. The number of rotatable bonds is 5. The summed E-state index contributed by atoms with van der Waals surface area (Å²) in [5, 5.41) is 0. The minimum atomic E-state index is 0.0757. The molecule has 0 aromatic heterocycles. The lowest BCUT2D eigenvalue weighted by atomic mass is 9.82. The van der Waals surface area contributed by atoms with Gasteiger partial charge >= 0.3 is 0 Å². The Bertz CT molecular complexity index is 254. The third-order valence-electron chi connectivity index (χ3n) is 4.73. The van der Waals surface area contributed by atoms with Crippen molar-refractivity contribution >= 4 is 0 Å². The van der Waals surface area contributed by atoms with Gasteiger partial charge in [0.1, 0.15) is 0 Å². The van der Waals surface area contributed by atoms with Gasteiger partial charge in [0, 0.05) is 37.8 Å². The first-order valence-electron chi connectivity index (χ1n) is 7.35. The second kappa shape index (κ2) is 6.33. The summed E-state index contributed by atoms with van der Waals surface area (Å²) in [7, 11) is 0. The fourth-order valence-corrected chi connectivity index (χ4v) is 3.35. The van der Waals surface area contributed by atoms with Gasteiger partial charge in [-0.05, 0) is 39.7 Å². The fourth-order valence-electron chi connectivity index (χ4n) is 3.35. The van der Waals surface area contributed by atoms with Crippen LogP contribution in [0.15, 0.2) is 0 Å². The number of nitrogens with zero attached hydrogens (tertiary/aromatic N) is 1. The van der Waals surface area contributed by atoms with Crippen molar-refractivity contribution in [1.29, 1.82) is 0 Å². The van der Waals surface area contributed by atoms with Gasteiger partial charge < -0.3 is 15.2 Å². The summed E-state index contributed by atoms with van der Waals surface area (Å²) in [5.41, 5.74) is 6.17. The Morgan fingerprint density at radius 1 is 1.44 bits per heavy atom. The summed E-state index contributed by atoms with van der Waals surface area (Å²) in [6.07, 6.45) is 3.93. The van der Waals surface area contributed by atoms with Gasteiger partial charge in [-0.1, -0.05) is 0 Å². The molecule has 0 bridgehead atoms. The maximum atomic E-state index is 6.10. The Kier molecular flexibility index (Phi) is 5.01. The van der Waals surface area contributed by atoms with Crippen LogP contribution >= 0.6 is 0 Å². The molecular weight excluding hydrogens is 228 g/mol. The highest BCUT2D eigenvalue weighted by molar-refractivity contribution is 4.97. The SMILES string of the molecule is CCOC1CCCN(C(C)(CN)C2CCOC2)C1. The summed E-state index contributed by atoms with van der Waals surface area (Å²) in [6, 6.07) is 0. The molecule has 0 spiro atoms. The third kappa shape index (κ3) is 2.87. The van der Waals surface area contributed by atoms with Crippen LogP contribution in [0.3, 0.4) is 0 Å². The normalized spacial score (nSPS) is 33.5. The van der Waals surface area contributed by atoms with E-state index in [0.717, 1.165) is 39.3 Å². The standard InChI is InChI=1S/C14H28N2O2/c1-3-18-13-5-4-7-16(9-13)14(2,11-15)12-6-8-17-10-12/h12-13H,3-11,15H2,1-2H3. The largest absolute Gasteiger partial charge is 0.381 e. The average molecular weight is 256 g/mol. The lowest BCUT2D eigenvalue weighted by molar-refractivity contribution is -0.0458. The lowest BCUT2D eigenvalue weighted by Crippen LogP contribution is -2.60. The fraction of sp³-hybridized carbons (Fsp3) is 1.00. The first-order chi connectivity index (χ1) is 8.70. The molecule has 0 aromatic rings. The summed E-state index contributed by atoms with van der Waals surface area (Å²) < 4.78 is 11.4. The Morgan fingerprint density at radius 3 is 2.89 bits per heavy atom. The van der Waals surface area contributed by atoms with Crippen molar-refractivity contribution in [3.8, 4) is 0 Å². The third-order valence-corrected chi connectivity index (χ3v) is 4.73. The summed E-state index contributed by atoms with van der Waals surface area (Å²) in [5.74, 6) is 0.572. The maximum absolute atomic E-state index is 6.10. The monoisotopic (exact) mass is 256 g/mol. The van der Waals surface area contributed by atoms with Gasteiger partial charge in [-0.15, -0.1) is 0 Å². The number of ether oxygens (including phenoxy) is 2. The number of likely N-dealkylation sites (tertiary alicyclic amines) is 1. The van der Waals surface area contributed by atoms with Gasteiger partial charge in [0.05, 0.1) is 12.7 Å². The quantitative estimate of drug-likeness (QED) is 0.804. The molecular formula is C14H28N2O2. The van der Waals surface area contributed by atoms with Crippen molar-refractivity contribution < 1.29 is 9.47 Å². The molecule has 3 unspecified atom stereocenters. The van der Waals surface area contributed by atoms with Crippen LogP contribution in [0, 0.1) is 5.92 Å². The summed E-state index contributed by atoms with van der Waals surface area (Å²) in [6.45, 7) is 9.83. The van der Waals surface area contributed by atoms with Gasteiger partial charge in [0.2, 0.25) is 0 Å². The van der Waals surface area contributed by atoms with Crippen LogP contribution in [0.5, 0.6) is 0 Å². The van der Waals surface area contributed by atoms with Crippen LogP contribution in [-0.2, 0) is 9.47 Å². The van der Waals surface area contributed by atoms with Crippen LogP contribution in [-0.4, -0.2) is 56.0 Å². The topological polar surface area (TPSA) is 47.7 Å². The van der Waals surface area contributed by atoms with Gasteiger partial charge in [-0.2, -0.15) is 0 Å². The zero-order valence-electron chi connectivity index (χ0n) is 11.9. The molecule has 18 heavy (non-hydrogen) atoms. The number of hydrogen-bond donors (Lipinski definition) is 1. The molecule has 2 saturated heterocycles. The van der Waals surface area contributed by atoms with E-state index in [-0.39, 0.29) is 5.54 Å². The van der Waals surface area contributed by atoms with Crippen LogP contribution < -0.4 is 5.73 Å². The van der Waals surface area contributed by atoms with Gasteiger partial charge in [0.15, 0.2) is 0 Å². The molecule has 2 aliphatic heterocycles. The Balaban J connectivity index is 2.01. The van der Waals surface area contributed by atoms with Gasteiger partial charge in [0.25, 0.3) is 0 Å². The van der Waals surface area contributed by atoms with E-state index in [1.54, 1.807) is 0 Å². The number of nitrogens with two attached hydrogens (primary N) is 1.